The van der Waals surface area contributed by atoms with Crippen LogP contribution in [-0.2, 0) is 11.2 Å². The molecular weight excluding hydrogens is 428 g/mol. The number of rotatable bonds is 6. The Labute approximate surface area is 199 Å². The van der Waals surface area contributed by atoms with Gasteiger partial charge in [0.2, 0.25) is 0 Å². The molecule has 4 rings (SSSR count). The van der Waals surface area contributed by atoms with Crippen molar-refractivity contribution in [3.63, 3.8) is 0 Å². The lowest BCUT2D eigenvalue weighted by atomic mass is 10.1. The van der Waals surface area contributed by atoms with Crippen molar-refractivity contribution in [2.45, 2.75) is 26.3 Å². The van der Waals surface area contributed by atoms with Gasteiger partial charge in [-0.05, 0) is 49.7 Å². The Bertz CT molecular complexity index is 1180. The van der Waals surface area contributed by atoms with Gasteiger partial charge in [0.1, 0.15) is 11.9 Å². The van der Waals surface area contributed by atoms with Gasteiger partial charge in [-0.3, -0.25) is 0 Å². The second-order valence-electron chi connectivity index (χ2n) is 8.43. The first-order valence-electron chi connectivity index (χ1n) is 11.4. The molecule has 0 aliphatic carbocycles. The fourth-order valence-electron chi connectivity index (χ4n) is 3.80. The summed E-state index contributed by atoms with van der Waals surface area (Å²) in [5.41, 5.74) is 4.67. The maximum atomic E-state index is 12.0. The van der Waals surface area contributed by atoms with E-state index in [2.05, 4.69) is 50.9 Å². The molecule has 0 radical (unpaired) electrons. The van der Waals surface area contributed by atoms with E-state index >= 15 is 0 Å². The summed E-state index contributed by atoms with van der Waals surface area (Å²) in [6, 6.07) is 17.4. The lowest BCUT2D eigenvalue weighted by Gasteiger charge is -2.28. The lowest BCUT2D eigenvalue weighted by molar-refractivity contribution is 0.122. The van der Waals surface area contributed by atoms with Crippen molar-refractivity contribution < 1.29 is 9.53 Å². The van der Waals surface area contributed by atoms with Gasteiger partial charge in [-0.1, -0.05) is 18.2 Å². The molecule has 1 aromatic heterocycles. The highest BCUT2D eigenvalue weighted by Crippen LogP contribution is 2.24. The number of urea groups is 1. The zero-order chi connectivity index (χ0) is 23.9. The van der Waals surface area contributed by atoms with E-state index in [9.17, 15) is 10.1 Å². The van der Waals surface area contributed by atoms with Crippen LogP contribution < -0.4 is 15.5 Å². The van der Waals surface area contributed by atoms with Crippen LogP contribution in [0.2, 0.25) is 0 Å². The summed E-state index contributed by atoms with van der Waals surface area (Å²) in [6.45, 7) is 7.09. The van der Waals surface area contributed by atoms with E-state index in [0.717, 1.165) is 43.1 Å². The third-order valence-electron chi connectivity index (χ3n) is 5.48. The summed E-state index contributed by atoms with van der Waals surface area (Å²) in [7, 11) is 0. The molecule has 34 heavy (non-hydrogen) atoms. The van der Waals surface area contributed by atoms with Crippen molar-refractivity contribution in [2.75, 3.05) is 36.5 Å². The number of ether oxygens (including phenoxy) is 1. The number of nitriles is 1. The van der Waals surface area contributed by atoms with Crippen LogP contribution in [0.4, 0.5) is 16.2 Å². The molecule has 3 aromatic rings. The third-order valence-corrected chi connectivity index (χ3v) is 5.48. The highest BCUT2D eigenvalue weighted by atomic mass is 16.5. The van der Waals surface area contributed by atoms with Gasteiger partial charge >= 0.3 is 6.03 Å². The van der Waals surface area contributed by atoms with Gasteiger partial charge in [0, 0.05) is 43.0 Å². The Hall–Kier alpha value is -3.96. The van der Waals surface area contributed by atoms with Crippen molar-refractivity contribution in [3.05, 3.63) is 71.7 Å². The normalized spacial score (nSPS) is 13.4. The van der Waals surface area contributed by atoms with Crippen LogP contribution in [0.15, 0.2) is 54.7 Å². The van der Waals surface area contributed by atoms with Crippen LogP contribution in [-0.4, -0.2) is 48.3 Å². The van der Waals surface area contributed by atoms with Gasteiger partial charge in [-0.25, -0.2) is 14.8 Å². The number of nitrogens with zero attached hydrogens (tertiary/aromatic N) is 4. The molecule has 0 spiro atoms. The first-order chi connectivity index (χ1) is 16.5. The van der Waals surface area contributed by atoms with Crippen molar-refractivity contribution in [1.29, 1.82) is 5.26 Å². The lowest BCUT2D eigenvalue weighted by Crippen LogP contribution is -2.36. The number of morpholine rings is 1. The first-order valence-corrected chi connectivity index (χ1v) is 11.4. The SMILES string of the molecule is CC(C)NC(=O)Nc1ccc(-c2ccnc(Cc3ccc(N4CCOCC4)cc3)n2)cc1C#N. The molecule has 1 fully saturated rings. The quantitative estimate of drug-likeness (QED) is 0.582. The van der Waals surface area contributed by atoms with Gasteiger partial charge in [0.05, 0.1) is 30.2 Å². The molecule has 1 saturated heterocycles. The number of carbonyl (C=O) groups is 1. The molecule has 2 amide bonds. The van der Waals surface area contributed by atoms with Crippen molar-refractivity contribution in [1.82, 2.24) is 15.3 Å². The van der Waals surface area contributed by atoms with E-state index in [1.807, 2.05) is 26.0 Å². The van der Waals surface area contributed by atoms with Crippen molar-refractivity contribution in [3.8, 4) is 17.3 Å². The highest BCUT2D eigenvalue weighted by Gasteiger charge is 2.12. The first kappa shape index (κ1) is 23.2. The van der Waals surface area contributed by atoms with Crippen LogP contribution in [0.1, 0.15) is 30.8 Å². The number of aromatic nitrogens is 2. The minimum Gasteiger partial charge on any atom is -0.378 e. The van der Waals surface area contributed by atoms with Crippen molar-refractivity contribution in [2.24, 2.45) is 0 Å². The Morgan fingerprint density at radius 1 is 1.15 bits per heavy atom. The minimum absolute atomic E-state index is 0.000167. The van der Waals surface area contributed by atoms with Gasteiger partial charge in [-0.15, -0.1) is 0 Å². The summed E-state index contributed by atoms with van der Waals surface area (Å²) in [5.74, 6) is 0.702. The van der Waals surface area contributed by atoms with E-state index in [4.69, 9.17) is 9.72 Å². The van der Waals surface area contributed by atoms with E-state index in [1.54, 1.807) is 18.3 Å². The predicted octanol–water partition coefficient (Wildman–Crippen LogP) is 3.97. The molecule has 1 aliphatic heterocycles. The zero-order valence-electron chi connectivity index (χ0n) is 19.4. The summed E-state index contributed by atoms with van der Waals surface area (Å²) < 4.78 is 5.43. The van der Waals surface area contributed by atoms with Crippen LogP contribution in [0.5, 0.6) is 0 Å². The Balaban J connectivity index is 1.47. The molecule has 1 aliphatic rings. The monoisotopic (exact) mass is 456 g/mol. The van der Waals surface area contributed by atoms with Crippen molar-refractivity contribution >= 4 is 17.4 Å². The number of benzene rings is 2. The van der Waals surface area contributed by atoms with Gasteiger partial charge in [-0.2, -0.15) is 5.26 Å². The molecule has 8 nitrogen and oxygen atoms in total. The van der Waals surface area contributed by atoms with E-state index < -0.39 is 0 Å². The standard InChI is InChI=1S/C26H28N6O2/c1-18(2)29-26(33)31-23-8-5-20(16-21(23)17-27)24-9-10-28-25(30-24)15-19-3-6-22(7-4-19)32-11-13-34-14-12-32/h3-10,16,18H,11-15H2,1-2H3,(H2,29,31,33). The smallest absolute Gasteiger partial charge is 0.319 e. The summed E-state index contributed by atoms with van der Waals surface area (Å²) in [4.78, 5) is 23.5. The second-order valence-corrected chi connectivity index (χ2v) is 8.43. The average Bonchev–Trinajstić information content (AvgIpc) is 2.85. The number of anilines is 2. The summed E-state index contributed by atoms with van der Waals surface area (Å²) in [5, 5.41) is 15.1. The fraction of sp³-hybridized carbons (Fsp3) is 0.308. The topological polar surface area (TPSA) is 103 Å². The third kappa shape index (κ3) is 5.88. The summed E-state index contributed by atoms with van der Waals surface area (Å²) >= 11 is 0. The van der Waals surface area contributed by atoms with Gasteiger partial charge in [0.15, 0.2) is 0 Å². The second kappa shape index (κ2) is 10.8. The largest absolute Gasteiger partial charge is 0.378 e. The molecule has 0 unspecified atom stereocenters. The maximum absolute atomic E-state index is 12.0. The molecule has 2 aromatic carbocycles. The molecule has 2 N–H and O–H groups in total. The molecule has 2 heterocycles. The predicted molar refractivity (Wildman–Crippen MR) is 132 cm³/mol. The Kier molecular flexibility index (Phi) is 7.35. The van der Waals surface area contributed by atoms with Crippen LogP contribution in [0, 0.1) is 11.3 Å². The number of nitrogens with one attached hydrogen (secondary N) is 2. The number of carbonyl (C=O) groups excluding carboxylic acids is 1. The van der Waals surface area contributed by atoms with Crippen LogP contribution in [0.3, 0.4) is 0 Å². The molecule has 0 bridgehead atoms. The molecule has 0 atom stereocenters. The summed E-state index contributed by atoms with van der Waals surface area (Å²) in [6.07, 6.45) is 2.34. The zero-order valence-corrected chi connectivity index (χ0v) is 19.4. The molecular formula is C26H28N6O2. The number of amides is 2. The van der Waals surface area contributed by atoms with E-state index in [-0.39, 0.29) is 12.1 Å². The molecule has 8 heteroatoms. The van der Waals surface area contributed by atoms with E-state index in [0.29, 0.717) is 23.5 Å². The maximum Gasteiger partial charge on any atom is 0.319 e. The van der Waals surface area contributed by atoms with Gasteiger partial charge in [0.25, 0.3) is 0 Å². The molecule has 0 saturated carbocycles. The minimum atomic E-state index is -0.344. The van der Waals surface area contributed by atoms with E-state index in [1.165, 1.54) is 5.69 Å². The Morgan fingerprint density at radius 3 is 2.62 bits per heavy atom. The fourth-order valence-corrected chi connectivity index (χ4v) is 3.80. The number of hydrogen-bond donors (Lipinski definition) is 2. The average molecular weight is 457 g/mol. The van der Waals surface area contributed by atoms with Crippen LogP contribution >= 0.6 is 0 Å². The number of hydrogen-bond acceptors (Lipinski definition) is 6. The van der Waals surface area contributed by atoms with Crippen LogP contribution in [0.25, 0.3) is 11.3 Å². The van der Waals surface area contributed by atoms with Gasteiger partial charge < -0.3 is 20.3 Å². The highest BCUT2D eigenvalue weighted by molar-refractivity contribution is 5.91. The Morgan fingerprint density at radius 2 is 1.91 bits per heavy atom. The molecule has 174 valence electrons.